The predicted molar refractivity (Wildman–Crippen MR) is 125 cm³/mol. The summed E-state index contributed by atoms with van der Waals surface area (Å²) < 4.78 is 40.2. The molecule has 0 bridgehead atoms. The van der Waals surface area contributed by atoms with Gasteiger partial charge in [-0.25, -0.2) is 9.97 Å². The summed E-state index contributed by atoms with van der Waals surface area (Å²) in [5.41, 5.74) is 3.64. The van der Waals surface area contributed by atoms with Crippen molar-refractivity contribution in [1.29, 1.82) is 0 Å². The maximum absolute atomic E-state index is 12.9. The van der Waals surface area contributed by atoms with E-state index in [-0.39, 0.29) is 18.1 Å². The fourth-order valence-electron chi connectivity index (χ4n) is 3.95. The molecular weight excluding hydrogens is 455 g/mol. The van der Waals surface area contributed by atoms with Crippen molar-refractivity contribution in [1.82, 2.24) is 14.4 Å². The van der Waals surface area contributed by atoms with Gasteiger partial charge in [0.2, 0.25) is 5.88 Å². The first-order chi connectivity index (χ1) is 16.8. The molecule has 5 rings (SSSR count). The first kappa shape index (κ1) is 22.5. The number of phenols is 1. The monoisotopic (exact) mass is 475 g/mol. The van der Waals surface area contributed by atoms with E-state index < -0.39 is 11.7 Å². The number of imidazole rings is 1. The van der Waals surface area contributed by atoms with Crippen molar-refractivity contribution in [3.05, 3.63) is 113 Å². The van der Waals surface area contributed by atoms with E-state index in [1.54, 1.807) is 34.9 Å². The van der Waals surface area contributed by atoms with Crippen molar-refractivity contribution >= 4 is 5.65 Å². The zero-order chi connectivity index (χ0) is 24.6. The summed E-state index contributed by atoms with van der Waals surface area (Å²) in [6.45, 7) is 0. The highest BCUT2D eigenvalue weighted by molar-refractivity contribution is 5.64. The normalized spacial score (nSPS) is 11.7. The van der Waals surface area contributed by atoms with Gasteiger partial charge in [-0.3, -0.25) is 4.40 Å². The maximum Gasteiger partial charge on any atom is 0.416 e. The molecule has 0 spiro atoms. The van der Waals surface area contributed by atoms with E-state index in [1.807, 2.05) is 30.3 Å². The number of rotatable bonds is 5. The number of benzene rings is 3. The van der Waals surface area contributed by atoms with Gasteiger partial charge in [0, 0.05) is 24.6 Å². The lowest BCUT2D eigenvalue weighted by Gasteiger charge is -2.08. The van der Waals surface area contributed by atoms with Crippen LogP contribution in [0.4, 0.5) is 13.2 Å². The molecule has 0 fully saturated rings. The minimum Gasteiger partial charge on any atom is -0.508 e. The number of phenolic OH excluding ortho intramolecular Hbond substituents is 1. The zero-order valence-electron chi connectivity index (χ0n) is 18.4. The molecule has 0 atom stereocenters. The number of aromatic hydroxyl groups is 2. The van der Waals surface area contributed by atoms with Crippen LogP contribution in [0.25, 0.3) is 16.9 Å². The van der Waals surface area contributed by atoms with Crippen molar-refractivity contribution in [2.24, 2.45) is 0 Å². The summed E-state index contributed by atoms with van der Waals surface area (Å²) in [4.78, 5) is 9.41. The molecule has 0 radical (unpaired) electrons. The highest BCUT2D eigenvalue weighted by atomic mass is 19.4. The number of alkyl halides is 3. The SMILES string of the molecule is Oc1ccc(-c2cn3c(O)c(Cc4ccc(C(F)(F)F)cc4)nc3c(Cc3ccccc3)n2)cc1. The lowest BCUT2D eigenvalue weighted by Crippen LogP contribution is -2.04. The summed E-state index contributed by atoms with van der Waals surface area (Å²) >= 11 is 0. The van der Waals surface area contributed by atoms with E-state index >= 15 is 0 Å². The summed E-state index contributed by atoms with van der Waals surface area (Å²) in [6, 6.07) is 21.1. The predicted octanol–water partition coefficient (Wildman–Crippen LogP) is 6.01. The smallest absolute Gasteiger partial charge is 0.416 e. The third kappa shape index (κ3) is 4.68. The van der Waals surface area contributed by atoms with Gasteiger partial charge in [0.05, 0.1) is 17.0 Å². The van der Waals surface area contributed by atoms with E-state index in [1.165, 1.54) is 12.1 Å². The highest BCUT2D eigenvalue weighted by Gasteiger charge is 2.30. The number of hydrogen-bond acceptors (Lipinski definition) is 4. The fourth-order valence-corrected chi connectivity index (χ4v) is 3.95. The van der Waals surface area contributed by atoms with Crippen molar-refractivity contribution in [2.75, 3.05) is 0 Å². The van der Waals surface area contributed by atoms with Gasteiger partial charge in [-0.1, -0.05) is 42.5 Å². The fraction of sp³-hybridized carbons (Fsp3) is 0.111. The van der Waals surface area contributed by atoms with Crippen LogP contribution in [0.2, 0.25) is 0 Å². The number of aromatic nitrogens is 3. The summed E-state index contributed by atoms with van der Waals surface area (Å²) in [6.07, 6.45) is -2.13. The van der Waals surface area contributed by atoms with Crippen LogP contribution in [-0.2, 0) is 19.0 Å². The van der Waals surface area contributed by atoms with Gasteiger partial charge in [0.15, 0.2) is 5.65 Å². The number of halogens is 3. The number of hydrogen-bond donors (Lipinski definition) is 2. The van der Waals surface area contributed by atoms with Crippen molar-refractivity contribution in [3.63, 3.8) is 0 Å². The summed E-state index contributed by atoms with van der Waals surface area (Å²) in [5.74, 6) is 0.0280. The second kappa shape index (κ2) is 8.79. The van der Waals surface area contributed by atoms with Crippen LogP contribution < -0.4 is 0 Å². The molecule has 2 heterocycles. The van der Waals surface area contributed by atoms with Crippen LogP contribution in [-0.4, -0.2) is 24.6 Å². The Morgan fingerprint density at radius 1 is 0.714 bits per heavy atom. The molecular formula is C27H20F3N3O2. The standard InChI is InChI=1S/C27H20F3N3O2/c28-27(29,30)20-10-6-18(7-11-20)15-23-26(35)33-16-24(19-8-12-21(34)13-9-19)31-22(25(33)32-23)14-17-4-2-1-3-5-17/h1-13,16,34-35H,14-15H2. The molecule has 0 saturated heterocycles. The van der Waals surface area contributed by atoms with E-state index in [9.17, 15) is 23.4 Å². The van der Waals surface area contributed by atoms with Gasteiger partial charge < -0.3 is 10.2 Å². The van der Waals surface area contributed by atoms with Gasteiger partial charge >= 0.3 is 6.18 Å². The average molecular weight is 475 g/mol. The Hall–Kier alpha value is -4.33. The van der Waals surface area contributed by atoms with Gasteiger partial charge in [0.1, 0.15) is 11.4 Å². The molecule has 2 N–H and O–H groups in total. The second-order valence-corrected chi connectivity index (χ2v) is 8.23. The zero-order valence-corrected chi connectivity index (χ0v) is 18.4. The molecule has 2 aromatic heterocycles. The molecule has 8 heteroatoms. The van der Waals surface area contributed by atoms with Crippen molar-refractivity contribution < 1.29 is 23.4 Å². The molecule has 35 heavy (non-hydrogen) atoms. The molecule has 0 aliphatic rings. The molecule has 176 valence electrons. The lowest BCUT2D eigenvalue weighted by atomic mass is 10.1. The third-order valence-corrected chi connectivity index (χ3v) is 5.75. The van der Waals surface area contributed by atoms with Gasteiger partial charge in [0.25, 0.3) is 0 Å². The Morgan fingerprint density at radius 3 is 2.00 bits per heavy atom. The molecule has 0 aliphatic heterocycles. The van der Waals surface area contributed by atoms with Crippen LogP contribution in [0.1, 0.15) is 28.1 Å². The second-order valence-electron chi connectivity index (χ2n) is 8.23. The van der Waals surface area contributed by atoms with Crippen LogP contribution in [0.5, 0.6) is 11.6 Å². The van der Waals surface area contributed by atoms with E-state index in [4.69, 9.17) is 4.98 Å². The first-order valence-corrected chi connectivity index (χ1v) is 10.9. The third-order valence-electron chi connectivity index (χ3n) is 5.75. The van der Waals surface area contributed by atoms with Crippen LogP contribution in [0, 0.1) is 0 Å². The minimum absolute atomic E-state index is 0.100. The van der Waals surface area contributed by atoms with Gasteiger partial charge in [-0.2, -0.15) is 13.2 Å². The molecule has 0 aliphatic carbocycles. The first-order valence-electron chi connectivity index (χ1n) is 10.9. The number of fused-ring (bicyclic) bond motifs is 1. The van der Waals surface area contributed by atoms with Crippen molar-refractivity contribution in [3.8, 4) is 22.9 Å². The molecule has 3 aromatic carbocycles. The Labute approximate surface area is 198 Å². The summed E-state index contributed by atoms with van der Waals surface area (Å²) in [7, 11) is 0. The maximum atomic E-state index is 12.9. The van der Waals surface area contributed by atoms with Crippen LogP contribution in [0.15, 0.2) is 85.1 Å². The highest BCUT2D eigenvalue weighted by Crippen LogP contribution is 2.31. The average Bonchev–Trinajstić information content (AvgIpc) is 3.15. The lowest BCUT2D eigenvalue weighted by molar-refractivity contribution is -0.137. The molecule has 0 unspecified atom stereocenters. The molecule has 5 aromatic rings. The molecule has 0 saturated carbocycles. The Morgan fingerprint density at radius 2 is 1.34 bits per heavy atom. The van der Waals surface area contributed by atoms with Crippen LogP contribution in [0.3, 0.4) is 0 Å². The van der Waals surface area contributed by atoms with Gasteiger partial charge in [-0.05, 0) is 47.5 Å². The van der Waals surface area contributed by atoms with Crippen LogP contribution >= 0.6 is 0 Å². The van der Waals surface area contributed by atoms with E-state index in [2.05, 4.69) is 4.98 Å². The molecule has 5 nitrogen and oxygen atoms in total. The summed E-state index contributed by atoms with van der Waals surface area (Å²) in [5, 5.41) is 20.6. The van der Waals surface area contributed by atoms with E-state index in [0.29, 0.717) is 34.7 Å². The van der Waals surface area contributed by atoms with E-state index in [0.717, 1.165) is 23.3 Å². The Bertz CT molecular complexity index is 1480. The van der Waals surface area contributed by atoms with Crippen molar-refractivity contribution in [2.45, 2.75) is 19.0 Å². The van der Waals surface area contributed by atoms with Gasteiger partial charge in [-0.15, -0.1) is 0 Å². The topological polar surface area (TPSA) is 70.7 Å². The Balaban J connectivity index is 1.58. The number of nitrogens with zero attached hydrogens (tertiary/aromatic N) is 3. The largest absolute Gasteiger partial charge is 0.508 e. The minimum atomic E-state index is -4.41. The Kier molecular flexibility index (Phi) is 5.64. The quantitative estimate of drug-likeness (QED) is 0.327. The molecule has 0 amide bonds.